The number of nitrogens with one attached hydrogen (secondary N) is 2. The molecule has 8 heteroatoms. The van der Waals surface area contributed by atoms with Crippen LogP contribution >= 0.6 is 11.3 Å². The molecule has 1 aromatic heterocycles. The molecule has 3 rings (SSSR count). The highest BCUT2D eigenvalue weighted by molar-refractivity contribution is 7.22. The minimum Gasteiger partial charge on any atom is -0.497 e. The molecule has 0 spiro atoms. The molecule has 2 amide bonds. The van der Waals surface area contributed by atoms with Gasteiger partial charge in [-0.1, -0.05) is 18.3 Å². The summed E-state index contributed by atoms with van der Waals surface area (Å²) < 4.78 is 11.3. The van der Waals surface area contributed by atoms with Gasteiger partial charge < -0.3 is 20.1 Å². The lowest BCUT2D eigenvalue weighted by Crippen LogP contribution is -2.13. The average Bonchev–Trinajstić information content (AvgIpc) is 3.08. The molecule has 140 valence electrons. The van der Waals surface area contributed by atoms with Crippen molar-refractivity contribution >= 4 is 44.2 Å². The van der Waals surface area contributed by atoms with Gasteiger partial charge in [0.1, 0.15) is 11.5 Å². The van der Waals surface area contributed by atoms with Gasteiger partial charge in [-0.05, 0) is 30.3 Å². The zero-order valence-electron chi connectivity index (χ0n) is 15.2. The Morgan fingerprint density at radius 2 is 1.89 bits per heavy atom. The number of rotatable bonds is 6. The van der Waals surface area contributed by atoms with Gasteiger partial charge >= 0.3 is 0 Å². The number of anilines is 2. The fraction of sp³-hybridized carbons (Fsp3) is 0.211. The predicted molar refractivity (Wildman–Crippen MR) is 106 cm³/mol. The molecule has 0 bridgehead atoms. The molecule has 7 nitrogen and oxygen atoms in total. The van der Waals surface area contributed by atoms with Gasteiger partial charge in [0.15, 0.2) is 5.13 Å². The lowest BCUT2D eigenvalue weighted by molar-refractivity contribution is -0.115. The minimum atomic E-state index is -0.302. The standard InChI is InChI=1S/C19H19N3O4S/c1-4-17(23)22-19-21-14-9-11(5-8-16(14)27-19)20-18(24)13-7-6-12(25-2)10-15(13)26-3/h5-10H,4H2,1-3H3,(H,20,24)(H,21,22,23). The lowest BCUT2D eigenvalue weighted by Gasteiger charge is -2.10. The molecule has 0 unspecified atom stereocenters. The first kappa shape index (κ1) is 18.7. The maximum atomic E-state index is 12.6. The number of fused-ring (bicyclic) bond motifs is 1. The van der Waals surface area contributed by atoms with Crippen molar-refractivity contribution in [2.75, 3.05) is 24.9 Å². The molecule has 27 heavy (non-hydrogen) atoms. The third-order valence-corrected chi connectivity index (χ3v) is 4.82. The second-order valence-corrected chi connectivity index (χ2v) is 6.65. The van der Waals surface area contributed by atoms with E-state index in [1.165, 1.54) is 18.4 Å². The highest BCUT2D eigenvalue weighted by Crippen LogP contribution is 2.29. The van der Waals surface area contributed by atoms with Crippen LogP contribution in [0.5, 0.6) is 11.5 Å². The van der Waals surface area contributed by atoms with E-state index in [1.54, 1.807) is 44.4 Å². The smallest absolute Gasteiger partial charge is 0.259 e. The van der Waals surface area contributed by atoms with Crippen LogP contribution in [0.1, 0.15) is 23.7 Å². The molecule has 0 saturated heterocycles. The summed E-state index contributed by atoms with van der Waals surface area (Å²) in [6.07, 6.45) is 0.390. The normalized spacial score (nSPS) is 10.5. The Morgan fingerprint density at radius 1 is 1.07 bits per heavy atom. The minimum absolute atomic E-state index is 0.0887. The number of benzene rings is 2. The molecule has 0 atom stereocenters. The topological polar surface area (TPSA) is 89.6 Å². The number of amides is 2. The van der Waals surface area contributed by atoms with Crippen molar-refractivity contribution in [3.63, 3.8) is 0 Å². The van der Waals surface area contributed by atoms with Crippen LogP contribution < -0.4 is 20.1 Å². The fourth-order valence-corrected chi connectivity index (χ4v) is 3.31. The van der Waals surface area contributed by atoms with Gasteiger partial charge in [-0.25, -0.2) is 4.98 Å². The number of methoxy groups -OCH3 is 2. The monoisotopic (exact) mass is 385 g/mol. The van der Waals surface area contributed by atoms with E-state index in [9.17, 15) is 9.59 Å². The maximum absolute atomic E-state index is 12.6. The molecule has 2 aromatic carbocycles. The molecule has 0 aliphatic heterocycles. The van der Waals surface area contributed by atoms with E-state index in [1.807, 2.05) is 6.07 Å². The molecule has 0 saturated carbocycles. The Bertz CT molecular complexity index is 1000. The van der Waals surface area contributed by atoms with E-state index in [4.69, 9.17) is 9.47 Å². The molecular formula is C19H19N3O4S. The molecule has 0 radical (unpaired) electrons. The van der Waals surface area contributed by atoms with E-state index in [0.29, 0.717) is 39.8 Å². The van der Waals surface area contributed by atoms with Gasteiger partial charge in [0.05, 0.1) is 30.0 Å². The van der Waals surface area contributed by atoms with E-state index >= 15 is 0 Å². The molecule has 0 aliphatic carbocycles. The first-order valence-electron chi connectivity index (χ1n) is 8.28. The van der Waals surface area contributed by atoms with Crippen LogP contribution in [0.4, 0.5) is 10.8 Å². The highest BCUT2D eigenvalue weighted by atomic mass is 32.1. The Labute approximate surface area is 160 Å². The third-order valence-electron chi connectivity index (χ3n) is 3.87. The third kappa shape index (κ3) is 4.17. The molecular weight excluding hydrogens is 366 g/mol. The molecule has 2 N–H and O–H groups in total. The largest absolute Gasteiger partial charge is 0.497 e. The van der Waals surface area contributed by atoms with Crippen LogP contribution in [0.2, 0.25) is 0 Å². The number of ether oxygens (including phenoxy) is 2. The number of hydrogen-bond donors (Lipinski definition) is 2. The summed E-state index contributed by atoms with van der Waals surface area (Å²) in [6, 6.07) is 10.4. The van der Waals surface area contributed by atoms with Crippen LogP contribution in [0.15, 0.2) is 36.4 Å². The second kappa shape index (κ2) is 8.05. The summed E-state index contributed by atoms with van der Waals surface area (Å²) in [4.78, 5) is 28.5. The second-order valence-electron chi connectivity index (χ2n) is 5.62. The number of carbonyl (C=O) groups excluding carboxylic acids is 2. The molecule has 3 aromatic rings. The molecule has 0 fully saturated rings. The molecule has 1 heterocycles. The van der Waals surface area contributed by atoms with Gasteiger partial charge in [-0.2, -0.15) is 0 Å². The van der Waals surface area contributed by atoms with Gasteiger partial charge in [0.2, 0.25) is 5.91 Å². The van der Waals surface area contributed by atoms with Crippen LogP contribution in [0.25, 0.3) is 10.2 Å². The summed E-state index contributed by atoms with van der Waals surface area (Å²) in [5.41, 5.74) is 1.70. The average molecular weight is 385 g/mol. The zero-order valence-corrected chi connectivity index (χ0v) is 16.0. The number of aromatic nitrogens is 1. The number of carbonyl (C=O) groups is 2. The van der Waals surface area contributed by atoms with E-state index in [2.05, 4.69) is 15.6 Å². The quantitative estimate of drug-likeness (QED) is 0.671. The first-order valence-corrected chi connectivity index (χ1v) is 9.09. The van der Waals surface area contributed by atoms with Gasteiger partial charge in [-0.3, -0.25) is 9.59 Å². The number of hydrogen-bond acceptors (Lipinski definition) is 6. The van der Waals surface area contributed by atoms with Crippen LogP contribution in [-0.2, 0) is 4.79 Å². The lowest BCUT2D eigenvalue weighted by atomic mass is 10.1. The van der Waals surface area contributed by atoms with Gasteiger partial charge in [0.25, 0.3) is 5.91 Å². The summed E-state index contributed by atoms with van der Waals surface area (Å²) in [7, 11) is 3.05. The first-order chi connectivity index (χ1) is 13.0. The van der Waals surface area contributed by atoms with Crippen molar-refractivity contribution in [1.29, 1.82) is 0 Å². The summed E-state index contributed by atoms with van der Waals surface area (Å²) in [5, 5.41) is 6.13. The van der Waals surface area contributed by atoms with E-state index in [-0.39, 0.29) is 11.8 Å². The van der Waals surface area contributed by atoms with Crippen molar-refractivity contribution in [1.82, 2.24) is 4.98 Å². The van der Waals surface area contributed by atoms with Gasteiger partial charge in [-0.15, -0.1) is 0 Å². The van der Waals surface area contributed by atoms with Crippen LogP contribution in [-0.4, -0.2) is 31.0 Å². The van der Waals surface area contributed by atoms with Crippen LogP contribution in [0.3, 0.4) is 0 Å². The number of thiazole rings is 1. The van der Waals surface area contributed by atoms with Crippen LogP contribution in [0, 0.1) is 0 Å². The van der Waals surface area contributed by atoms with Crippen molar-refractivity contribution in [2.24, 2.45) is 0 Å². The fourth-order valence-electron chi connectivity index (χ4n) is 2.45. The maximum Gasteiger partial charge on any atom is 0.259 e. The van der Waals surface area contributed by atoms with Crippen molar-refractivity contribution in [3.05, 3.63) is 42.0 Å². The summed E-state index contributed by atoms with van der Waals surface area (Å²) in [5.74, 6) is 0.637. The van der Waals surface area contributed by atoms with Crippen molar-refractivity contribution < 1.29 is 19.1 Å². The highest BCUT2D eigenvalue weighted by Gasteiger charge is 2.14. The van der Waals surface area contributed by atoms with E-state index < -0.39 is 0 Å². The predicted octanol–water partition coefficient (Wildman–Crippen LogP) is 3.91. The Kier molecular flexibility index (Phi) is 5.56. The summed E-state index contributed by atoms with van der Waals surface area (Å²) in [6.45, 7) is 1.78. The van der Waals surface area contributed by atoms with E-state index in [0.717, 1.165) is 4.70 Å². The zero-order chi connectivity index (χ0) is 19.4. The van der Waals surface area contributed by atoms with Gasteiger partial charge in [0, 0.05) is 18.2 Å². The number of nitrogens with zero attached hydrogens (tertiary/aromatic N) is 1. The Balaban J connectivity index is 1.81. The van der Waals surface area contributed by atoms with Crippen molar-refractivity contribution in [2.45, 2.75) is 13.3 Å². The van der Waals surface area contributed by atoms with Crippen molar-refractivity contribution in [3.8, 4) is 11.5 Å². The SMILES string of the molecule is CCC(=O)Nc1nc2cc(NC(=O)c3ccc(OC)cc3OC)ccc2s1. The Morgan fingerprint density at radius 3 is 2.59 bits per heavy atom. The molecule has 0 aliphatic rings. The summed E-state index contributed by atoms with van der Waals surface area (Å²) >= 11 is 1.39. The Hall–Kier alpha value is -3.13.